The molecule has 0 atom stereocenters. The topological polar surface area (TPSA) is 89.0 Å². The molecule has 7 nitrogen and oxygen atoms in total. The molecule has 2 rings (SSSR count). The molecule has 2 aromatic carbocycles. The Labute approximate surface area is 181 Å². The smallest absolute Gasteiger partial charge is 0.249 e. The van der Waals surface area contributed by atoms with E-state index in [-0.39, 0.29) is 6.42 Å². The van der Waals surface area contributed by atoms with Crippen LogP contribution >= 0.6 is 34.2 Å². The SMILES string of the molecule is CCOc1c(I)cc(C=NNC(=O)CC(=O)Nc2ccccc2Cl)cc1OC. The number of rotatable bonds is 8. The summed E-state index contributed by atoms with van der Waals surface area (Å²) in [6.45, 7) is 2.41. The number of ether oxygens (including phenoxy) is 2. The number of halogens is 2. The van der Waals surface area contributed by atoms with E-state index in [1.165, 1.54) is 6.21 Å². The summed E-state index contributed by atoms with van der Waals surface area (Å²) in [5, 5.41) is 6.85. The summed E-state index contributed by atoms with van der Waals surface area (Å²) in [5.41, 5.74) is 3.48. The second-order valence-electron chi connectivity index (χ2n) is 5.47. The number of methoxy groups -OCH3 is 1. The highest BCUT2D eigenvalue weighted by molar-refractivity contribution is 14.1. The van der Waals surface area contributed by atoms with Crippen molar-refractivity contribution in [3.8, 4) is 11.5 Å². The first kappa shape index (κ1) is 22.0. The van der Waals surface area contributed by atoms with Crippen LogP contribution in [0.25, 0.3) is 0 Å². The third-order valence-corrected chi connectivity index (χ3v) is 4.54. The fourth-order valence-corrected chi connectivity index (χ4v) is 3.18. The highest BCUT2D eigenvalue weighted by Gasteiger charge is 2.12. The number of hydrogen-bond acceptors (Lipinski definition) is 5. The average Bonchev–Trinajstić information content (AvgIpc) is 2.65. The van der Waals surface area contributed by atoms with Gasteiger partial charge in [0, 0.05) is 0 Å². The molecule has 2 N–H and O–H groups in total. The second kappa shape index (κ2) is 10.9. The summed E-state index contributed by atoms with van der Waals surface area (Å²) in [6, 6.07) is 10.4. The zero-order chi connectivity index (χ0) is 20.5. The summed E-state index contributed by atoms with van der Waals surface area (Å²) < 4.78 is 11.7. The van der Waals surface area contributed by atoms with Crippen LogP contribution in [0.2, 0.25) is 5.02 Å². The molecule has 0 radical (unpaired) electrons. The molecule has 0 fully saturated rings. The Kier molecular flexibility index (Phi) is 8.52. The number of anilines is 1. The minimum atomic E-state index is -0.548. The van der Waals surface area contributed by atoms with Gasteiger partial charge in [-0.3, -0.25) is 9.59 Å². The maximum atomic E-state index is 11.9. The summed E-state index contributed by atoms with van der Waals surface area (Å²) in [6.07, 6.45) is 1.08. The first-order chi connectivity index (χ1) is 13.4. The molecular weight excluding hydrogens is 497 g/mol. The number of carbonyl (C=O) groups is 2. The number of para-hydroxylation sites is 1. The van der Waals surface area contributed by atoms with Gasteiger partial charge in [-0.1, -0.05) is 23.7 Å². The number of nitrogens with zero attached hydrogens (tertiary/aromatic N) is 1. The van der Waals surface area contributed by atoms with Gasteiger partial charge in [-0.25, -0.2) is 5.43 Å². The van der Waals surface area contributed by atoms with Gasteiger partial charge in [-0.15, -0.1) is 0 Å². The van der Waals surface area contributed by atoms with E-state index in [1.807, 2.05) is 13.0 Å². The molecule has 0 aromatic heterocycles. The Balaban J connectivity index is 1.93. The van der Waals surface area contributed by atoms with Crippen LogP contribution in [0.3, 0.4) is 0 Å². The van der Waals surface area contributed by atoms with E-state index in [2.05, 4.69) is 38.4 Å². The molecule has 0 saturated carbocycles. The standard InChI is InChI=1S/C19H19ClIN3O4/c1-3-28-19-14(21)8-12(9-16(19)27-2)11-22-24-18(26)10-17(25)23-15-7-5-4-6-13(15)20/h4-9,11H,3,10H2,1-2H3,(H,23,25)(H,24,26). The van der Waals surface area contributed by atoms with Gasteiger partial charge in [-0.05, 0) is 59.3 Å². The quantitative estimate of drug-likeness (QED) is 0.242. The number of hydrogen-bond donors (Lipinski definition) is 2. The van der Waals surface area contributed by atoms with Crippen LogP contribution in [0.5, 0.6) is 11.5 Å². The van der Waals surface area contributed by atoms with Crippen LogP contribution in [0, 0.1) is 3.57 Å². The van der Waals surface area contributed by atoms with Crippen molar-refractivity contribution in [3.05, 3.63) is 50.6 Å². The van der Waals surface area contributed by atoms with Crippen molar-refractivity contribution in [1.82, 2.24) is 5.43 Å². The molecule has 148 valence electrons. The first-order valence-corrected chi connectivity index (χ1v) is 9.76. The summed E-state index contributed by atoms with van der Waals surface area (Å²) >= 11 is 8.10. The molecule has 0 aliphatic carbocycles. The third-order valence-electron chi connectivity index (χ3n) is 3.41. The van der Waals surface area contributed by atoms with E-state index in [1.54, 1.807) is 37.4 Å². The van der Waals surface area contributed by atoms with E-state index in [0.717, 1.165) is 3.57 Å². The fourth-order valence-electron chi connectivity index (χ4n) is 2.22. The molecule has 28 heavy (non-hydrogen) atoms. The Hall–Kier alpha value is -2.33. The van der Waals surface area contributed by atoms with Gasteiger partial charge in [-0.2, -0.15) is 5.10 Å². The Bertz CT molecular complexity index is 889. The van der Waals surface area contributed by atoms with E-state index in [9.17, 15) is 9.59 Å². The van der Waals surface area contributed by atoms with Gasteiger partial charge < -0.3 is 14.8 Å². The number of hydrazone groups is 1. The van der Waals surface area contributed by atoms with Crippen molar-refractivity contribution in [2.24, 2.45) is 5.10 Å². The third kappa shape index (κ3) is 6.38. The van der Waals surface area contributed by atoms with Crippen LogP contribution < -0.4 is 20.2 Å². The zero-order valence-corrected chi connectivity index (χ0v) is 18.2. The number of amides is 2. The maximum absolute atomic E-state index is 11.9. The number of benzene rings is 2. The van der Waals surface area contributed by atoms with Gasteiger partial charge in [0.05, 0.1) is 34.2 Å². The van der Waals surface area contributed by atoms with E-state index < -0.39 is 11.8 Å². The maximum Gasteiger partial charge on any atom is 0.249 e. The summed E-state index contributed by atoms with van der Waals surface area (Å²) in [7, 11) is 1.55. The number of nitrogens with one attached hydrogen (secondary N) is 2. The Morgan fingerprint density at radius 1 is 1.25 bits per heavy atom. The van der Waals surface area contributed by atoms with Crippen LogP contribution in [0.4, 0.5) is 5.69 Å². The highest BCUT2D eigenvalue weighted by atomic mass is 127. The van der Waals surface area contributed by atoms with Crippen LogP contribution in [0.1, 0.15) is 18.9 Å². The lowest BCUT2D eigenvalue weighted by Gasteiger charge is -2.12. The Morgan fingerprint density at radius 2 is 2.00 bits per heavy atom. The van der Waals surface area contributed by atoms with Crippen molar-refractivity contribution in [1.29, 1.82) is 0 Å². The van der Waals surface area contributed by atoms with Gasteiger partial charge in [0.1, 0.15) is 6.42 Å². The van der Waals surface area contributed by atoms with E-state index in [0.29, 0.717) is 34.4 Å². The lowest BCUT2D eigenvalue weighted by molar-refractivity contribution is -0.126. The molecule has 0 spiro atoms. The molecule has 2 aromatic rings. The van der Waals surface area contributed by atoms with Gasteiger partial charge >= 0.3 is 0 Å². The minimum absolute atomic E-state index is 0.382. The van der Waals surface area contributed by atoms with Crippen molar-refractivity contribution in [2.45, 2.75) is 13.3 Å². The fraction of sp³-hybridized carbons (Fsp3) is 0.211. The highest BCUT2D eigenvalue weighted by Crippen LogP contribution is 2.33. The van der Waals surface area contributed by atoms with Crippen LogP contribution in [-0.4, -0.2) is 31.7 Å². The first-order valence-electron chi connectivity index (χ1n) is 8.31. The molecule has 0 aliphatic rings. The second-order valence-corrected chi connectivity index (χ2v) is 7.03. The van der Waals surface area contributed by atoms with Gasteiger partial charge in [0.25, 0.3) is 0 Å². The predicted molar refractivity (Wildman–Crippen MR) is 117 cm³/mol. The van der Waals surface area contributed by atoms with Crippen molar-refractivity contribution in [3.63, 3.8) is 0 Å². The monoisotopic (exact) mass is 515 g/mol. The van der Waals surface area contributed by atoms with Crippen molar-refractivity contribution < 1.29 is 19.1 Å². The molecule has 0 aliphatic heterocycles. The van der Waals surface area contributed by atoms with E-state index in [4.69, 9.17) is 21.1 Å². The van der Waals surface area contributed by atoms with Crippen molar-refractivity contribution in [2.75, 3.05) is 19.0 Å². The Morgan fingerprint density at radius 3 is 2.68 bits per heavy atom. The molecule has 0 unspecified atom stereocenters. The van der Waals surface area contributed by atoms with E-state index >= 15 is 0 Å². The lowest BCUT2D eigenvalue weighted by atomic mass is 10.2. The minimum Gasteiger partial charge on any atom is -0.493 e. The molecule has 9 heteroatoms. The predicted octanol–water partition coefficient (Wildman–Crippen LogP) is 3.83. The van der Waals surface area contributed by atoms with Crippen LogP contribution in [0.15, 0.2) is 41.5 Å². The molecule has 0 heterocycles. The van der Waals surface area contributed by atoms with Gasteiger partial charge in [0.2, 0.25) is 11.8 Å². The number of carbonyl (C=O) groups excluding carboxylic acids is 2. The summed E-state index contributed by atoms with van der Waals surface area (Å²) in [5.74, 6) is 0.190. The lowest BCUT2D eigenvalue weighted by Crippen LogP contribution is -2.24. The average molecular weight is 516 g/mol. The molecule has 0 bridgehead atoms. The largest absolute Gasteiger partial charge is 0.493 e. The molecule has 2 amide bonds. The normalized spacial score (nSPS) is 10.6. The summed E-state index contributed by atoms with van der Waals surface area (Å²) in [4.78, 5) is 23.8. The zero-order valence-electron chi connectivity index (χ0n) is 15.3. The van der Waals surface area contributed by atoms with Gasteiger partial charge in [0.15, 0.2) is 11.5 Å². The molecular formula is C19H19ClIN3O4. The molecule has 0 saturated heterocycles. The van der Waals surface area contributed by atoms with Crippen LogP contribution in [-0.2, 0) is 9.59 Å². The van der Waals surface area contributed by atoms with Crippen molar-refractivity contribution >= 4 is 57.9 Å².